The Morgan fingerprint density at radius 3 is 2.35 bits per heavy atom. The predicted molar refractivity (Wildman–Crippen MR) is 109 cm³/mol. The first kappa shape index (κ1) is 20.9. The van der Waals surface area contributed by atoms with Gasteiger partial charge in [0.25, 0.3) is 0 Å². The predicted octanol–water partition coefficient (Wildman–Crippen LogP) is 3.66. The molecule has 4 heteroatoms. The topological polar surface area (TPSA) is 41.5 Å². The molecule has 142 valence electrons. The number of hydrogen-bond donors (Lipinski definition) is 2. The zero-order valence-electron chi connectivity index (χ0n) is 15.7. The van der Waals surface area contributed by atoms with Crippen molar-refractivity contribution in [3.8, 4) is 0 Å². The molecule has 2 aromatic carbocycles. The summed E-state index contributed by atoms with van der Waals surface area (Å²) in [6.45, 7) is 6.98. The Morgan fingerprint density at radius 2 is 1.77 bits per heavy atom. The van der Waals surface area contributed by atoms with Crippen molar-refractivity contribution >= 4 is 11.6 Å². The second kappa shape index (κ2) is 11.3. The van der Waals surface area contributed by atoms with Gasteiger partial charge in [-0.2, -0.15) is 0 Å². The number of alkyl halides is 1. The Kier molecular flexibility index (Phi) is 9.13. The maximum absolute atomic E-state index is 9.27. The van der Waals surface area contributed by atoms with E-state index in [1.165, 1.54) is 16.7 Å². The van der Waals surface area contributed by atoms with Gasteiger partial charge in [0.1, 0.15) is 0 Å². The van der Waals surface area contributed by atoms with Crippen LogP contribution in [0.3, 0.4) is 0 Å². The van der Waals surface area contributed by atoms with E-state index < -0.39 is 6.10 Å². The van der Waals surface area contributed by atoms with Crippen LogP contribution in [0, 0.1) is 13.8 Å². The van der Waals surface area contributed by atoms with Crippen molar-refractivity contribution in [2.24, 2.45) is 0 Å². The van der Waals surface area contributed by atoms with Gasteiger partial charge in [0, 0.05) is 19.0 Å². The minimum absolute atomic E-state index is 0.300. The molecule has 1 aliphatic rings. The van der Waals surface area contributed by atoms with Crippen LogP contribution in [0.2, 0.25) is 0 Å². The minimum atomic E-state index is -0.423. The standard InChI is InChI=1S/C12H17NO.C10H13ClO/c1-10-3-2-4-11(7-10)8-12-9-13-5-6-14-12;1-8-3-2-4-9(5-8)6-10(12)7-11/h2-4,7,12-13H,5-6,8-9H2,1H3;2-5,10,12H,6-7H2,1H3/t12-;10-/m11/s1. The Morgan fingerprint density at radius 1 is 1.12 bits per heavy atom. The van der Waals surface area contributed by atoms with Gasteiger partial charge in [-0.05, 0) is 37.8 Å². The van der Waals surface area contributed by atoms with E-state index in [1.807, 2.05) is 25.1 Å². The van der Waals surface area contributed by atoms with E-state index in [9.17, 15) is 5.11 Å². The largest absolute Gasteiger partial charge is 0.392 e. The highest BCUT2D eigenvalue weighted by Gasteiger charge is 2.13. The monoisotopic (exact) mass is 375 g/mol. The molecule has 0 saturated carbocycles. The Balaban J connectivity index is 0.000000190. The molecule has 3 nitrogen and oxygen atoms in total. The molecular weight excluding hydrogens is 346 g/mol. The van der Waals surface area contributed by atoms with Crippen LogP contribution in [0.25, 0.3) is 0 Å². The van der Waals surface area contributed by atoms with E-state index in [2.05, 4.69) is 42.6 Å². The summed E-state index contributed by atoms with van der Waals surface area (Å²) in [6, 6.07) is 16.7. The second-order valence-electron chi connectivity index (χ2n) is 6.89. The van der Waals surface area contributed by atoms with Crippen molar-refractivity contribution < 1.29 is 9.84 Å². The molecule has 3 rings (SSSR count). The van der Waals surface area contributed by atoms with Gasteiger partial charge < -0.3 is 15.2 Å². The van der Waals surface area contributed by atoms with Crippen molar-refractivity contribution in [1.82, 2.24) is 5.32 Å². The molecule has 0 amide bonds. The van der Waals surface area contributed by atoms with Gasteiger partial charge in [-0.15, -0.1) is 11.6 Å². The van der Waals surface area contributed by atoms with E-state index in [4.69, 9.17) is 16.3 Å². The molecule has 0 unspecified atom stereocenters. The molecule has 0 radical (unpaired) electrons. The van der Waals surface area contributed by atoms with Crippen molar-refractivity contribution in [3.63, 3.8) is 0 Å². The smallest absolute Gasteiger partial charge is 0.0740 e. The van der Waals surface area contributed by atoms with Crippen molar-refractivity contribution in [2.75, 3.05) is 25.6 Å². The van der Waals surface area contributed by atoms with Crippen LogP contribution in [-0.2, 0) is 17.6 Å². The maximum atomic E-state index is 9.27. The Labute approximate surface area is 162 Å². The fraction of sp³-hybridized carbons (Fsp3) is 0.455. The first-order valence-corrected chi connectivity index (χ1v) is 9.77. The van der Waals surface area contributed by atoms with Gasteiger partial charge in [-0.25, -0.2) is 0 Å². The lowest BCUT2D eigenvalue weighted by molar-refractivity contribution is 0.0292. The lowest BCUT2D eigenvalue weighted by Gasteiger charge is -2.23. The Hall–Kier alpha value is -1.39. The summed E-state index contributed by atoms with van der Waals surface area (Å²) in [5, 5.41) is 12.6. The fourth-order valence-electron chi connectivity index (χ4n) is 3.02. The van der Waals surface area contributed by atoms with Crippen LogP contribution in [0.4, 0.5) is 0 Å². The molecule has 1 heterocycles. The molecule has 2 N–H and O–H groups in total. The summed E-state index contributed by atoms with van der Waals surface area (Å²) in [4.78, 5) is 0. The highest BCUT2D eigenvalue weighted by Crippen LogP contribution is 2.10. The summed E-state index contributed by atoms with van der Waals surface area (Å²) in [7, 11) is 0. The van der Waals surface area contributed by atoms with Crippen LogP contribution in [0.15, 0.2) is 48.5 Å². The summed E-state index contributed by atoms with van der Waals surface area (Å²) in [6.07, 6.45) is 1.60. The van der Waals surface area contributed by atoms with E-state index in [0.717, 1.165) is 31.7 Å². The van der Waals surface area contributed by atoms with Crippen molar-refractivity contribution in [2.45, 2.75) is 38.9 Å². The molecule has 1 saturated heterocycles. The molecule has 26 heavy (non-hydrogen) atoms. The summed E-state index contributed by atoms with van der Waals surface area (Å²) in [5.74, 6) is 0.300. The average Bonchev–Trinajstić information content (AvgIpc) is 2.63. The van der Waals surface area contributed by atoms with Gasteiger partial charge >= 0.3 is 0 Å². The van der Waals surface area contributed by atoms with Crippen LogP contribution < -0.4 is 5.32 Å². The van der Waals surface area contributed by atoms with Gasteiger partial charge in [-0.3, -0.25) is 0 Å². The van der Waals surface area contributed by atoms with Crippen LogP contribution in [-0.4, -0.2) is 42.9 Å². The Bertz CT molecular complexity index is 656. The van der Waals surface area contributed by atoms with Crippen LogP contribution in [0.5, 0.6) is 0 Å². The van der Waals surface area contributed by atoms with Gasteiger partial charge in [0.2, 0.25) is 0 Å². The van der Waals surface area contributed by atoms with E-state index in [0.29, 0.717) is 18.4 Å². The van der Waals surface area contributed by atoms with E-state index in [-0.39, 0.29) is 0 Å². The third-order valence-electron chi connectivity index (χ3n) is 4.28. The first-order valence-electron chi connectivity index (χ1n) is 9.24. The number of hydrogen-bond acceptors (Lipinski definition) is 3. The second-order valence-corrected chi connectivity index (χ2v) is 7.20. The maximum Gasteiger partial charge on any atom is 0.0740 e. The van der Waals surface area contributed by atoms with Gasteiger partial charge in [0.05, 0.1) is 18.8 Å². The molecule has 2 aromatic rings. The summed E-state index contributed by atoms with van der Waals surface area (Å²) >= 11 is 5.49. The molecule has 2 atom stereocenters. The number of ether oxygens (including phenoxy) is 1. The van der Waals surface area contributed by atoms with Gasteiger partial charge in [-0.1, -0.05) is 59.7 Å². The first-order chi connectivity index (χ1) is 12.6. The number of aliphatic hydroxyl groups excluding tert-OH is 1. The third-order valence-corrected chi connectivity index (χ3v) is 4.64. The fourth-order valence-corrected chi connectivity index (χ4v) is 3.13. The molecule has 0 bridgehead atoms. The number of morpholine rings is 1. The molecule has 1 aliphatic heterocycles. The number of aryl methyl sites for hydroxylation is 2. The van der Waals surface area contributed by atoms with Crippen LogP contribution in [0.1, 0.15) is 22.3 Å². The SMILES string of the molecule is Cc1cccc(C[C@@H](O)CCl)c1.Cc1cccc(C[C@@H]2CNCCO2)c1. The van der Waals surface area contributed by atoms with Crippen molar-refractivity contribution in [1.29, 1.82) is 0 Å². The van der Waals surface area contributed by atoms with Crippen molar-refractivity contribution in [3.05, 3.63) is 70.8 Å². The summed E-state index contributed by atoms with van der Waals surface area (Å²) < 4.78 is 5.66. The average molecular weight is 376 g/mol. The molecular formula is C22H30ClNO2. The van der Waals surface area contributed by atoms with E-state index in [1.54, 1.807) is 0 Å². The number of nitrogens with one attached hydrogen (secondary N) is 1. The number of halogens is 1. The number of aliphatic hydroxyl groups is 1. The molecule has 0 spiro atoms. The van der Waals surface area contributed by atoms with Crippen LogP contribution >= 0.6 is 11.6 Å². The quantitative estimate of drug-likeness (QED) is 0.783. The third kappa shape index (κ3) is 7.88. The normalized spacial score (nSPS) is 17.9. The molecule has 0 aliphatic carbocycles. The minimum Gasteiger partial charge on any atom is -0.392 e. The number of rotatable bonds is 5. The zero-order valence-corrected chi connectivity index (χ0v) is 16.5. The van der Waals surface area contributed by atoms with E-state index >= 15 is 0 Å². The molecule has 1 fully saturated rings. The number of benzene rings is 2. The van der Waals surface area contributed by atoms with Gasteiger partial charge in [0.15, 0.2) is 0 Å². The lowest BCUT2D eigenvalue weighted by Crippen LogP contribution is -2.39. The highest BCUT2D eigenvalue weighted by atomic mass is 35.5. The molecule has 0 aromatic heterocycles. The zero-order chi connectivity index (χ0) is 18.8. The summed E-state index contributed by atoms with van der Waals surface area (Å²) in [5.41, 5.74) is 5.06. The highest BCUT2D eigenvalue weighted by molar-refractivity contribution is 6.18. The lowest BCUT2D eigenvalue weighted by atomic mass is 10.1.